The molecule has 3 N–H and O–H groups in total. The fourth-order valence-electron chi connectivity index (χ4n) is 2.94. The summed E-state index contributed by atoms with van der Waals surface area (Å²) in [6.45, 7) is 1.62. The molecule has 0 atom stereocenters. The van der Waals surface area contributed by atoms with Crippen molar-refractivity contribution < 1.29 is 18.0 Å². The Hall–Kier alpha value is -3.49. The second kappa shape index (κ2) is 9.55. The molecule has 0 radical (unpaired) electrons. The number of carbonyl (C=O) groups excluding carboxylic acids is 2. The first-order chi connectivity index (χ1) is 14.8. The summed E-state index contributed by atoms with van der Waals surface area (Å²) in [5, 5.41) is 2.66. The molecule has 7 nitrogen and oxygen atoms in total. The summed E-state index contributed by atoms with van der Waals surface area (Å²) in [4.78, 5) is 23.9. The highest BCUT2D eigenvalue weighted by atomic mass is 32.2. The van der Waals surface area contributed by atoms with Crippen molar-refractivity contribution in [3.63, 3.8) is 0 Å². The molecule has 0 unspecified atom stereocenters. The van der Waals surface area contributed by atoms with Crippen LogP contribution in [0.25, 0.3) is 0 Å². The molecule has 0 bridgehead atoms. The molecule has 0 aliphatic carbocycles. The largest absolute Gasteiger partial charge is 0.366 e. The second-order valence-electron chi connectivity index (χ2n) is 7.06. The molecule has 3 aromatic carbocycles. The summed E-state index contributed by atoms with van der Waals surface area (Å²) in [7, 11) is -3.90. The minimum absolute atomic E-state index is 0.0472. The maximum absolute atomic E-state index is 13.2. The van der Waals surface area contributed by atoms with E-state index in [0.717, 1.165) is 15.4 Å². The van der Waals surface area contributed by atoms with Gasteiger partial charge >= 0.3 is 0 Å². The fourth-order valence-corrected chi connectivity index (χ4v) is 4.35. The fraction of sp³-hybridized carbons (Fsp3) is 0.130. The Labute approximate surface area is 181 Å². The van der Waals surface area contributed by atoms with E-state index in [1.54, 1.807) is 18.2 Å². The highest BCUT2D eigenvalue weighted by molar-refractivity contribution is 7.89. The molecule has 0 saturated carbocycles. The van der Waals surface area contributed by atoms with E-state index in [9.17, 15) is 18.0 Å². The van der Waals surface area contributed by atoms with Crippen molar-refractivity contribution in [2.75, 3.05) is 11.9 Å². The van der Waals surface area contributed by atoms with Crippen molar-refractivity contribution in [1.29, 1.82) is 0 Å². The van der Waals surface area contributed by atoms with Gasteiger partial charge in [0.2, 0.25) is 21.8 Å². The second-order valence-corrected chi connectivity index (χ2v) is 9.00. The van der Waals surface area contributed by atoms with E-state index in [0.29, 0.717) is 11.3 Å². The van der Waals surface area contributed by atoms with Crippen molar-refractivity contribution in [1.82, 2.24) is 4.31 Å². The number of nitrogens with zero attached hydrogens (tertiary/aromatic N) is 1. The van der Waals surface area contributed by atoms with Gasteiger partial charge in [-0.05, 0) is 48.9 Å². The van der Waals surface area contributed by atoms with Crippen molar-refractivity contribution >= 4 is 27.5 Å². The van der Waals surface area contributed by atoms with Crippen LogP contribution in [0.3, 0.4) is 0 Å². The summed E-state index contributed by atoms with van der Waals surface area (Å²) in [6.07, 6.45) is 0. The van der Waals surface area contributed by atoms with Crippen molar-refractivity contribution in [3.05, 3.63) is 95.6 Å². The van der Waals surface area contributed by atoms with Crippen LogP contribution >= 0.6 is 0 Å². The van der Waals surface area contributed by atoms with Gasteiger partial charge in [-0.15, -0.1) is 0 Å². The topological polar surface area (TPSA) is 110 Å². The third-order valence-electron chi connectivity index (χ3n) is 4.63. The molecule has 0 saturated heterocycles. The Morgan fingerprint density at radius 1 is 0.903 bits per heavy atom. The lowest BCUT2D eigenvalue weighted by molar-refractivity contribution is -0.116. The number of carbonyl (C=O) groups is 2. The van der Waals surface area contributed by atoms with Gasteiger partial charge in [0.05, 0.1) is 11.4 Å². The molecule has 0 spiro atoms. The Kier molecular flexibility index (Phi) is 6.84. The zero-order chi connectivity index (χ0) is 22.4. The van der Waals surface area contributed by atoms with E-state index in [1.165, 1.54) is 36.4 Å². The molecular weight excluding hydrogens is 414 g/mol. The monoisotopic (exact) mass is 437 g/mol. The number of sulfonamides is 1. The highest BCUT2D eigenvalue weighted by Gasteiger charge is 2.26. The SMILES string of the molecule is Cc1ccc(CN(CC(=O)Nc2ccc(C(N)=O)cc2)S(=O)(=O)c2ccccc2)cc1. The van der Waals surface area contributed by atoms with E-state index in [2.05, 4.69) is 5.32 Å². The first-order valence-corrected chi connectivity index (χ1v) is 11.0. The number of nitrogens with one attached hydrogen (secondary N) is 1. The zero-order valence-corrected chi connectivity index (χ0v) is 17.8. The van der Waals surface area contributed by atoms with Crippen LogP contribution in [0.15, 0.2) is 83.8 Å². The van der Waals surface area contributed by atoms with Gasteiger partial charge in [0.15, 0.2) is 0 Å². The van der Waals surface area contributed by atoms with Gasteiger partial charge in [0, 0.05) is 17.8 Å². The predicted molar refractivity (Wildman–Crippen MR) is 119 cm³/mol. The molecule has 0 fully saturated rings. The molecule has 0 aliphatic rings. The minimum Gasteiger partial charge on any atom is -0.366 e. The van der Waals surface area contributed by atoms with Crippen LogP contribution in [0.1, 0.15) is 21.5 Å². The van der Waals surface area contributed by atoms with E-state index < -0.39 is 21.8 Å². The number of hydrogen-bond acceptors (Lipinski definition) is 4. The molecule has 160 valence electrons. The molecule has 0 aliphatic heterocycles. The van der Waals surface area contributed by atoms with Crippen molar-refractivity contribution in [3.8, 4) is 0 Å². The average Bonchev–Trinajstić information content (AvgIpc) is 2.75. The maximum Gasteiger partial charge on any atom is 0.248 e. The number of amides is 2. The lowest BCUT2D eigenvalue weighted by Crippen LogP contribution is -2.37. The van der Waals surface area contributed by atoms with Gasteiger partial charge in [0.25, 0.3) is 0 Å². The van der Waals surface area contributed by atoms with Crippen LogP contribution < -0.4 is 11.1 Å². The summed E-state index contributed by atoms with van der Waals surface area (Å²) in [5.74, 6) is -1.07. The van der Waals surface area contributed by atoms with Crippen LogP contribution in [0.4, 0.5) is 5.69 Å². The van der Waals surface area contributed by atoms with Crippen LogP contribution in [0.2, 0.25) is 0 Å². The molecule has 3 aromatic rings. The van der Waals surface area contributed by atoms with Gasteiger partial charge in [0.1, 0.15) is 0 Å². The van der Waals surface area contributed by atoms with Gasteiger partial charge in [-0.25, -0.2) is 8.42 Å². The van der Waals surface area contributed by atoms with Crippen LogP contribution in [0.5, 0.6) is 0 Å². The molecule has 8 heteroatoms. The smallest absolute Gasteiger partial charge is 0.248 e. The standard InChI is InChI=1S/C23H23N3O4S/c1-17-7-9-18(10-8-17)15-26(31(29,30)21-5-3-2-4-6-21)16-22(27)25-20-13-11-19(12-14-20)23(24)28/h2-14H,15-16H2,1H3,(H2,24,28)(H,25,27). The third kappa shape index (κ3) is 5.78. The normalized spacial score (nSPS) is 11.3. The summed E-state index contributed by atoms with van der Waals surface area (Å²) in [5.41, 5.74) is 7.78. The zero-order valence-electron chi connectivity index (χ0n) is 17.0. The van der Waals surface area contributed by atoms with Crippen molar-refractivity contribution in [2.24, 2.45) is 5.73 Å². The molecule has 0 heterocycles. The number of nitrogens with two attached hydrogens (primary N) is 1. The number of benzene rings is 3. The number of rotatable bonds is 8. The van der Waals surface area contributed by atoms with Crippen LogP contribution in [-0.2, 0) is 21.4 Å². The van der Waals surface area contributed by atoms with E-state index >= 15 is 0 Å². The first-order valence-electron chi connectivity index (χ1n) is 9.56. The van der Waals surface area contributed by atoms with Gasteiger partial charge in [-0.3, -0.25) is 9.59 Å². The Balaban J connectivity index is 1.82. The predicted octanol–water partition coefficient (Wildman–Crippen LogP) is 2.92. The van der Waals surface area contributed by atoms with Gasteiger partial charge in [-0.1, -0.05) is 48.0 Å². The van der Waals surface area contributed by atoms with Crippen LogP contribution in [-0.4, -0.2) is 31.1 Å². The Morgan fingerprint density at radius 2 is 1.52 bits per heavy atom. The number of aryl methyl sites for hydroxylation is 1. The van der Waals surface area contributed by atoms with Gasteiger partial charge < -0.3 is 11.1 Å². The average molecular weight is 438 g/mol. The van der Waals surface area contributed by atoms with E-state index in [-0.39, 0.29) is 18.0 Å². The molecule has 31 heavy (non-hydrogen) atoms. The third-order valence-corrected chi connectivity index (χ3v) is 6.44. The molecule has 3 rings (SSSR count). The molecule has 0 aromatic heterocycles. The van der Waals surface area contributed by atoms with E-state index in [4.69, 9.17) is 5.73 Å². The quantitative estimate of drug-likeness (QED) is 0.565. The Morgan fingerprint density at radius 3 is 2.10 bits per heavy atom. The maximum atomic E-state index is 13.2. The molecule has 2 amide bonds. The number of hydrogen-bond donors (Lipinski definition) is 2. The van der Waals surface area contributed by atoms with E-state index in [1.807, 2.05) is 31.2 Å². The highest BCUT2D eigenvalue weighted by Crippen LogP contribution is 2.19. The minimum atomic E-state index is -3.90. The number of anilines is 1. The molecular formula is C23H23N3O4S. The number of primary amides is 1. The van der Waals surface area contributed by atoms with Crippen LogP contribution in [0, 0.1) is 6.92 Å². The lowest BCUT2D eigenvalue weighted by Gasteiger charge is -2.22. The van der Waals surface area contributed by atoms with Gasteiger partial charge in [-0.2, -0.15) is 4.31 Å². The summed E-state index contributed by atoms with van der Waals surface area (Å²) in [6, 6.07) is 21.5. The summed E-state index contributed by atoms with van der Waals surface area (Å²) < 4.78 is 27.6. The first kappa shape index (κ1) is 22.2. The summed E-state index contributed by atoms with van der Waals surface area (Å²) >= 11 is 0. The Bertz CT molecular complexity index is 1160. The lowest BCUT2D eigenvalue weighted by atomic mass is 10.1. The van der Waals surface area contributed by atoms with Crippen molar-refractivity contribution in [2.45, 2.75) is 18.4 Å².